The molecule has 0 radical (unpaired) electrons. The first kappa shape index (κ1) is 17.9. The van der Waals surface area contributed by atoms with E-state index in [-0.39, 0.29) is 5.91 Å². The SMILES string of the molecule is COc1cc(/C=N\NC(C)=O)ccc1OC(=O)/C=C/c1ccccc1. The van der Waals surface area contributed by atoms with Gasteiger partial charge in [0.05, 0.1) is 13.3 Å². The van der Waals surface area contributed by atoms with Crippen LogP contribution >= 0.6 is 0 Å². The molecule has 0 aliphatic rings. The first-order valence-electron chi connectivity index (χ1n) is 7.51. The maximum atomic E-state index is 11.9. The fraction of sp³-hybridized carbons (Fsp3) is 0.105. The molecule has 0 bridgehead atoms. The lowest BCUT2D eigenvalue weighted by Crippen LogP contribution is -2.12. The van der Waals surface area contributed by atoms with Crippen LogP contribution in [-0.2, 0) is 9.59 Å². The number of hydrazone groups is 1. The number of amides is 1. The van der Waals surface area contributed by atoms with Gasteiger partial charge in [-0.15, -0.1) is 0 Å². The van der Waals surface area contributed by atoms with Crippen molar-refractivity contribution in [2.24, 2.45) is 5.10 Å². The molecule has 6 heteroatoms. The molecule has 0 heterocycles. The zero-order valence-corrected chi connectivity index (χ0v) is 13.9. The predicted molar refractivity (Wildman–Crippen MR) is 95.5 cm³/mol. The van der Waals surface area contributed by atoms with Crippen LogP contribution in [0.15, 0.2) is 59.7 Å². The highest BCUT2D eigenvalue weighted by Crippen LogP contribution is 2.27. The Morgan fingerprint density at radius 3 is 2.48 bits per heavy atom. The van der Waals surface area contributed by atoms with Crippen molar-refractivity contribution in [3.8, 4) is 11.5 Å². The van der Waals surface area contributed by atoms with Crippen molar-refractivity contribution >= 4 is 24.2 Å². The smallest absolute Gasteiger partial charge is 0.336 e. The van der Waals surface area contributed by atoms with E-state index in [1.165, 1.54) is 26.3 Å². The number of hydrogen-bond acceptors (Lipinski definition) is 5. The molecule has 2 aromatic rings. The number of carbonyl (C=O) groups excluding carboxylic acids is 2. The van der Waals surface area contributed by atoms with E-state index in [1.54, 1.807) is 24.3 Å². The van der Waals surface area contributed by atoms with E-state index in [0.717, 1.165) is 5.56 Å². The minimum absolute atomic E-state index is 0.265. The number of hydrogen-bond donors (Lipinski definition) is 1. The van der Waals surface area contributed by atoms with Gasteiger partial charge >= 0.3 is 5.97 Å². The van der Waals surface area contributed by atoms with E-state index in [1.807, 2.05) is 30.3 Å². The summed E-state index contributed by atoms with van der Waals surface area (Å²) < 4.78 is 10.5. The molecule has 0 aliphatic carbocycles. The van der Waals surface area contributed by atoms with Crippen molar-refractivity contribution in [2.75, 3.05) is 7.11 Å². The second-order valence-electron chi connectivity index (χ2n) is 5.00. The highest BCUT2D eigenvalue weighted by molar-refractivity contribution is 5.89. The highest BCUT2D eigenvalue weighted by atomic mass is 16.6. The molecule has 25 heavy (non-hydrogen) atoms. The zero-order chi connectivity index (χ0) is 18.1. The van der Waals surface area contributed by atoms with Crippen LogP contribution in [0, 0.1) is 0 Å². The third-order valence-electron chi connectivity index (χ3n) is 3.05. The maximum absolute atomic E-state index is 11.9. The van der Waals surface area contributed by atoms with Gasteiger partial charge < -0.3 is 9.47 Å². The normalized spacial score (nSPS) is 10.8. The number of carbonyl (C=O) groups is 2. The molecule has 0 atom stereocenters. The van der Waals surface area contributed by atoms with Gasteiger partial charge in [0.2, 0.25) is 5.91 Å². The van der Waals surface area contributed by atoms with Gasteiger partial charge in [0.25, 0.3) is 0 Å². The van der Waals surface area contributed by atoms with E-state index in [9.17, 15) is 9.59 Å². The third kappa shape index (κ3) is 5.95. The van der Waals surface area contributed by atoms with Gasteiger partial charge in [0.1, 0.15) is 0 Å². The Kier molecular flexibility index (Phi) is 6.47. The lowest BCUT2D eigenvalue weighted by molar-refractivity contribution is -0.129. The fourth-order valence-corrected chi connectivity index (χ4v) is 1.92. The summed E-state index contributed by atoms with van der Waals surface area (Å²) in [4.78, 5) is 22.7. The minimum atomic E-state index is -0.512. The Morgan fingerprint density at radius 2 is 1.80 bits per heavy atom. The summed E-state index contributed by atoms with van der Waals surface area (Å²) in [6, 6.07) is 14.4. The van der Waals surface area contributed by atoms with Crippen LogP contribution in [0.3, 0.4) is 0 Å². The van der Waals surface area contributed by atoms with Crippen LogP contribution in [0.25, 0.3) is 6.08 Å². The third-order valence-corrected chi connectivity index (χ3v) is 3.05. The number of benzene rings is 2. The molecule has 0 aliphatic heterocycles. The molecular formula is C19H18N2O4. The lowest BCUT2D eigenvalue weighted by Gasteiger charge is -2.08. The maximum Gasteiger partial charge on any atom is 0.336 e. The van der Waals surface area contributed by atoms with E-state index in [0.29, 0.717) is 17.1 Å². The Bertz CT molecular complexity index is 798. The summed E-state index contributed by atoms with van der Waals surface area (Å²) in [5, 5.41) is 3.77. The lowest BCUT2D eigenvalue weighted by atomic mass is 10.2. The Hall–Kier alpha value is -3.41. The average molecular weight is 338 g/mol. The first-order chi connectivity index (χ1) is 12.1. The van der Waals surface area contributed by atoms with E-state index >= 15 is 0 Å². The van der Waals surface area contributed by atoms with E-state index in [2.05, 4.69) is 10.5 Å². The molecule has 0 unspecified atom stereocenters. The van der Waals surface area contributed by atoms with Gasteiger partial charge in [-0.1, -0.05) is 30.3 Å². The van der Waals surface area contributed by atoms with Gasteiger partial charge in [0.15, 0.2) is 11.5 Å². The van der Waals surface area contributed by atoms with Crippen molar-refractivity contribution in [3.05, 3.63) is 65.7 Å². The number of rotatable bonds is 6. The molecule has 0 aromatic heterocycles. The molecule has 128 valence electrons. The van der Waals surface area contributed by atoms with Gasteiger partial charge in [-0.3, -0.25) is 4.79 Å². The van der Waals surface area contributed by atoms with Crippen molar-refractivity contribution in [2.45, 2.75) is 6.92 Å². The summed E-state index contributed by atoms with van der Waals surface area (Å²) in [7, 11) is 1.47. The number of esters is 1. The second-order valence-corrected chi connectivity index (χ2v) is 5.00. The summed E-state index contributed by atoms with van der Waals surface area (Å²) in [6.45, 7) is 1.36. The molecule has 2 rings (SSSR count). The van der Waals surface area contributed by atoms with Crippen molar-refractivity contribution in [1.29, 1.82) is 0 Å². The number of methoxy groups -OCH3 is 1. The Balaban J connectivity index is 2.06. The molecule has 0 saturated heterocycles. The van der Waals surface area contributed by atoms with Crippen LogP contribution in [0.4, 0.5) is 0 Å². The topological polar surface area (TPSA) is 77.0 Å². The molecule has 1 N–H and O–H groups in total. The standard InChI is InChI=1S/C19H18N2O4/c1-14(22)21-20-13-16-8-10-17(18(12-16)24-2)25-19(23)11-9-15-6-4-3-5-7-15/h3-13H,1-2H3,(H,21,22)/b11-9+,20-13-. The van der Waals surface area contributed by atoms with Crippen LogP contribution < -0.4 is 14.9 Å². The van der Waals surface area contributed by atoms with Crippen LogP contribution in [0.5, 0.6) is 11.5 Å². The Labute approximate surface area is 145 Å². The largest absolute Gasteiger partial charge is 0.493 e. The van der Waals surface area contributed by atoms with Gasteiger partial charge in [-0.05, 0) is 35.4 Å². The second kappa shape index (κ2) is 9.02. The number of nitrogens with one attached hydrogen (secondary N) is 1. The summed E-state index contributed by atoms with van der Waals surface area (Å²) in [6.07, 6.45) is 4.48. The monoisotopic (exact) mass is 338 g/mol. The van der Waals surface area contributed by atoms with Crippen LogP contribution in [-0.4, -0.2) is 25.2 Å². The molecule has 0 saturated carbocycles. The minimum Gasteiger partial charge on any atom is -0.493 e. The van der Waals surface area contributed by atoms with Gasteiger partial charge in [0, 0.05) is 13.0 Å². The van der Waals surface area contributed by atoms with Crippen LogP contribution in [0.2, 0.25) is 0 Å². The van der Waals surface area contributed by atoms with Crippen molar-refractivity contribution in [3.63, 3.8) is 0 Å². The van der Waals surface area contributed by atoms with E-state index < -0.39 is 5.97 Å². The number of ether oxygens (including phenoxy) is 2. The quantitative estimate of drug-likeness (QED) is 0.289. The molecule has 2 aromatic carbocycles. The first-order valence-corrected chi connectivity index (χ1v) is 7.51. The molecular weight excluding hydrogens is 320 g/mol. The fourth-order valence-electron chi connectivity index (χ4n) is 1.92. The summed E-state index contributed by atoms with van der Waals surface area (Å²) in [5.41, 5.74) is 3.89. The Morgan fingerprint density at radius 1 is 1.04 bits per heavy atom. The predicted octanol–water partition coefficient (Wildman–Crippen LogP) is 2.78. The summed E-state index contributed by atoms with van der Waals surface area (Å²) >= 11 is 0. The van der Waals surface area contributed by atoms with Gasteiger partial charge in [-0.25, -0.2) is 10.2 Å². The molecule has 0 spiro atoms. The van der Waals surface area contributed by atoms with Crippen molar-refractivity contribution in [1.82, 2.24) is 5.43 Å². The average Bonchev–Trinajstić information content (AvgIpc) is 2.61. The van der Waals surface area contributed by atoms with Crippen molar-refractivity contribution < 1.29 is 19.1 Å². The van der Waals surface area contributed by atoms with E-state index in [4.69, 9.17) is 9.47 Å². The molecule has 1 amide bonds. The van der Waals surface area contributed by atoms with Gasteiger partial charge in [-0.2, -0.15) is 5.10 Å². The number of nitrogens with zero attached hydrogens (tertiary/aromatic N) is 1. The molecule has 0 fully saturated rings. The summed E-state index contributed by atoms with van der Waals surface area (Å²) in [5.74, 6) is -0.101. The zero-order valence-electron chi connectivity index (χ0n) is 13.9. The van der Waals surface area contributed by atoms with Crippen LogP contribution in [0.1, 0.15) is 18.1 Å². The highest BCUT2D eigenvalue weighted by Gasteiger charge is 2.08. The molecule has 6 nitrogen and oxygen atoms in total.